The first-order chi connectivity index (χ1) is 13.7. The number of hydrogen-bond acceptors (Lipinski definition) is 7. The fourth-order valence-corrected chi connectivity index (χ4v) is 3.11. The molecule has 3 aromatic heterocycles. The van der Waals surface area contributed by atoms with Gasteiger partial charge in [0.25, 0.3) is 5.91 Å². The number of morpholine rings is 1. The topological polar surface area (TPSA) is 93.1 Å². The molecule has 0 saturated carbocycles. The van der Waals surface area contributed by atoms with E-state index in [1.54, 1.807) is 48.9 Å². The van der Waals surface area contributed by atoms with Crippen molar-refractivity contribution in [3.05, 3.63) is 66.6 Å². The van der Waals surface area contributed by atoms with Crippen molar-refractivity contribution in [3.8, 4) is 11.1 Å². The van der Waals surface area contributed by atoms with Gasteiger partial charge in [0.15, 0.2) is 0 Å². The highest BCUT2D eigenvalue weighted by molar-refractivity contribution is 5.94. The van der Waals surface area contributed by atoms with Crippen molar-refractivity contribution in [1.29, 1.82) is 0 Å². The van der Waals surface area contributed by atoms with E-state index in [2.05, 4.69) is 25.3 Å². The maximum absolute atomic E-state index is 12.9. The van der Waals surface area contributed by atoms with Gasteiger partial charge in [-0.2, -0.15) is 0 Å². The third kappa shape index (κ3) is 3.81. The molecule has 1 unspecified atom stereocenters. The van der Waals surface area contributed by atoms with Gasteiger partial charge in [-0.3, -0.25) is 9.78 Å². The van der Waals surface area contributed by atoms with Crippen LogP contribution in [0.3, 0.4) is 0 Å². The average Bonchev–Trinajstić information content (AvgIpc) is 2.79. The predicted molar refractivity (Wildman–Crippen MR) is 104 cm³/mol. The molecule has 1 amide bonds. The molecule has 1 aliphatic heterocycles. The molecule has 1 fully saturated rings. The minimum atomic E-state index is -0.260. The molecule has 28 heavy (non-hydrogen) atoms. The summed E-state index contributed by atoms with van der Waals surface area (Å²) in [7, 11) is 1.78. The molecule has 0 radical (unpaired) electrons. The Morgan fingerprint density at radius 3 is 2.75 bits per heavy atom. The minimum Gasteiger partial charge on any atom is -0.373 e. The highest BCUT2D eigenvalue weighted by Crippen LogP contribution is 2.24. The Balaban J connectivity index is 1.48. The molecule has 1 aliphatic rings. The summed E-state index contributed by atoms with van der Waals surface area (Å²) in [5.74, 6) is 0.628. The molecular formula is C20H20N6O2. The molecule has 8 heteroatoms. The van der Waals surface area contributed by atoms with E-state index in [1.165, 1.54) is 6.33 Å². The van der Waals surface area contributed by atoms with E-state index in [9.17, 15) is 4.79 Å². The van der Waals surface area contributed by atoms with Crippen molar-refractivity contribution < 1.29 is 9.53 Å². The van der Waals surface area contributed by atoms with Crippen LogP contribution in [0.25, 0.3) is 11.1 Å². The van der Waals surface area contributed by atoms with Crippen LogP contribution in [-0.4, -0.2) is 57.5 Å². The van der Waals surface area contributed by atoms with Crippen molar-refractivity contribution >= 4 is 11.7 Å². The fourth-order valence-electron chi connectivity index (χ4n) is 3.11. The Labute approximate surface area is 162 Å². The number of rotatable bonds is 4. The number of nitrogens with zero attached hydrogens (tertiary/aromatic N) is 5. The van der Waals surface area contributed by atoms with E-state index in [1.807, 2.05) is 12.1 Å². The van der Waals surface area contributed by atoms with Crippen LogP contribution in [0.2, 0.25) is 0 Å². The van der Waals surface area contributed by atoms with E-state index in [0.29, 0.717) is 31.1 Å². The lowest BCUT2D eigenvalue weighted by atomic mass is 10.1. The Bertz CT molecular complexity index is 948. The minimum absolute atomic E-state index is 0.0368. The summed E-state index contributed by atoms with van der Waals surface area (Å²) in [5.41, 5.74) is 3.24. The lowest BCUT2D eigenvalue weighted by molar-refractivity contribution is -0.0247. The Morgan fingerprint density at radius 1 is 1.14 bits per heavy atom. The van der Waals surface area contributed by atoms with Gasteiger partial charge in [-0.1, -0.05) is 6.07 Å². The zero-order valence-electron chi connectivity index (χ0n) is 15.4. The zero-order chi connectivity index (χ0) is 19.3. The van der Waals surface area contributed by atoms with Gasteiger partial charge in [0.05, 0.1) is 18.8 Å². The molecule has 4 heterocycles. The largest absolute Gasteiger partial charge is 0.373 e. The van der Waals surface area contributed by atoms with Crippen LogP contribution in [0.4, 0.5) is 5.82 Å². The monoisotopic (exact) mass is 376 g/mol. The second kappa shape index (κ2) is 8.10. The summed E-state index contributed by atoms with van der Waals surface area (Å²) in [6.07, 6.45) is 8.13. The van der Waals surface area contributed by atoms with Crippen molar-refractivity contribution in [1.82, 2.24) is 24.8 Å². The molecule has 1 atom stereocenters. The molecule has 0 aromatic carbocycles. The molecule has 0 spiro atoms. The molecule has 8 nitrogen and oxygen atoms in total. The van der Waals surface area contributed by atoms with Gasteiger partial charge in [0.1, 0.15) is 18.2 Å². The van der Waals surface area contributed by atoms with Crippen LogP contribution in [0.15, 0.2) is 55.4 Å². The second-order valence-corrected chi connectivity index (χ2v) is 6.39. The Hall–Kier alpha value is -3.39. The number of hydrogen-bond donors (Lipinski definition) is 1. The quantitative estimate of drug-likeness (QED) is 0.746. The SMILES string of the molecule is CNc1cc(C(=O)N2CCOC(c3ccc(-c4cncnc4)cn3)C2)ccn1. The van der Waals surface area contributed by atoms with Crippen molar-refractivity contribution in [2.24, 2.45) is 0 Å². The molecule has 1 saturated heterocycles. The van der Waals surface area contributed by atoms with Crippen LogP contribution in [0.5, 0.6) is 0 Å². The van der Waals surface area contributed by atoms with Gasteiger partial charge in [-0.25, -0.2) is 15.0 Å². The molecular weight excluding hydrogens is 356 g/mol. The molecule has 0 bridgehead atoms. The maximum atomic E-state index is 12.9. The Kier molecular flexibility index (Phi) is 5.20. The summed E-state index contributed by atoms with van der Waals surface area (Å²) in [6, 6.07) is 7.37. The number of carbonyl (C=O) groups excluding carboxylic acids is 1. The van der Waals surface area contributed by atoms with Crippen LogP contribution in [0, 0.1) is 0 Å². The number of aromatic nitrogens is 4. The van der Waals surface area contributed by atoms with Gasteiger partial charge in [0.2, 0.25) is 0 Å². The van der Waals surface area contributed by atoms with Gasteiger partial charge in [0, 0.05) is 55.1 Å². The van der Waals surface area contributed by atoms with Gasteiger partial charge in [-0.15, -0.1) is 0 Å². The highest BCUT2D eigenvalue weighted by atomic mass is 16.5. The van der Waals surface area contributed by atoms with Crippen molar-refractivity contribution in [2.45, 2.75) is 6.10 Å². The third-order valence-electron chi connectivity index (χ3n) is 4.63. The number of nitrogens with one attached hydrogen (secondary N) is 1. The fraction of sp³-hybridized carbons (Fsp3) is 0.250. The Morgan fingerprint density at radius 2 is 2.00 bits per heavy atom. The van der Waals surface area contributed by atoms with Gasteiger partial charge >= 0.3 is 0 Å². The van der Waals surface area contributed by atoms with Gasteiger partial charge < -0.3 is 15.0 Å². The number of carbonyl (C=O) groups is 1. The predicted octanol–water partition coefficient (Wildman–Crippen LogP) is 2.19. The number of pyridine rings is 2. The lowest BCUT2D eigenvalue weighted by Crippen LogP contribution is -2.42. The normalized spacial score (nSPS) is 16.6. The summed E-state index contributed by atoms with van der Waals surface area (Å²) >= 11 is 0. The summed E-state index contributed by atoms with van der Waals surface area (Å²) < 4.78 is 5.86. The van der Waals surface area contributed by atoms with E-state index in [-0.39, 0.29) is 12.0 Å². The molecule has 0 aliphatic carbocycles. The number of anilines is 1. The maximum Gasteiger partial charge on any atom is 0.254 e. The lowest BCUT2D eigenvalue weighted by Gasteiger charge is -2.32. The number of ether oxygens (including phenoxy) is 1. The summed E-state index contributed by atoms with van der Waals surface area (Å²) in [5, 5.41) is 2.95. The van der Waals surface area contributed by atoms with Crippen LogP contribution >= 0.6 is 0 Å². The zero-order valence-corrected chi connectivity index (χ0v) is 15.4. The first-order valence-electron chi connectivity index (χ1n) is 9.00. The van der Waals surface area contributed by atoms with Crippen molar-refractivity contribution in [3.63, 3.8) is 0 Å². The standard InChI is InChI=1S/C20H20N6O2/c1-21-19-8-14(4-5-24-19)20(27)26-6-7-28-18(12-26)17-3-2-15(11-25-17)16-9-22-13-23-10-16/h2-5,8-11,13,18H,6-7,12H2,1H3,(H,21,24). The highest BCUT2D eigenvalue weighted by Gasteiger charge is 2.27. The molecule has 1 N–H and O–H groups in total. The number of amides is 1. The van der Waals surface area contributed by atoms with Crippen LogP contribution in [0.1, 0.15) is 22.2 Å². The molecule has 4 rings (SSSR count). The van der Waals surface area contributed by atoms with Crippen molar-refractivity contribution in [2.75, 3.05) is 32.1 Å². The van der Waals surface area contributed by atoms with E-state index < -0.39 is 0 Å². The van der Waals surface area contributed by atoms with E-state index >= 15 is 0 Å². The van der Waals surface area contributed by atoms with Crippen LogP contribution < -0.4 is 5.32 Å². The van der Waals surface area contributed by atoms with E-state index in [4.69, 9.17) is 4.74 Å². The molecule has 3 aromatic rings. The third-order valence-corrected chi connectivity index (χ3v) is 4.63. The summed E-state index contributed by atoms with van der Waals surface area (Å²) in [4.78, 5) is 31.4. The second-order valence-electron chi connectivity index (χ2n) is 6.39. The average molecular weight is 376 g/mol. The van der Waals surface area contributed by atoms with E-state index in [0.717, 1.165) is 16.8 Å². The summed E-state index contributed by atoms with van der Waals surface area (Å²) in [6.45, 7) is 1.47. The van der Waals surface area contributed by atoms with Gasteiger partial charge in [-0.05, 0) is 18.2 Å². The smallest absolute Gasteiger partial charge is 0.254 e. The first kappa shape index (κ1) is 18.0. The van der Waals surface area contributed by atoms with Crippen LogP contribution in [-0.2, 0) is 4.74 Å². The molecule has 142 valence electrons. The first-order valence-corrected chi connectivity index (χ1v) is 9.00.